The molecule has 0 spiro atoms. The third kappa shape index (κ3) is 15.8. The Labute approximate surface area is 69.1 Å². The summed E-state index contributed by atoms with van der Waals surface area (Å²) in [6, 6.07) is 0. The lowest BCUT2D eigenvalue weighted by Gasteiger charge is -1.93. The summed E-state index contributed by atoms with van der Waals surface area (Å²) in [5.74, 6) is 2.06. The van der Waals surface area contributed by atoms with Crippen molar-refractivity contribution in [3.63, 3.8) is 0 Å². The largest absolute Gasteiger partial charge is 0.412 e. The molecule has 0 heterocycles. The SMILES string of the molecule is NCCSSCCN.O.O. The van der Waals surface area contributed by atoms with Crippen LogP contribution in [0.3, 0.4) is 0 Å². The summed E-state index contributed by atoms with van der Waals surface area (Å²) in [6.45, 7) is 1.53. The van der Waals surface area contributed by atoms with E-state index in [-0.39, 0.29) is 11.0 Å². The van der Waals surface area contributed by atoms with Crippen LogP contribution in [0.2, 0.25) is 0 Å². The molecule has 0 saturated heterocycles. The molecule has 0 amide bonds. The van der Waals surface area contributed by atoms with Gasteiger partial charge < -0.3 is 22.4 Å². The zero-order chi connectivity index (χ0) is 6.24. The smallest absolute Gasteiger partial charge is 0.0160 e. The van der Waals surface area contributed by atoms with Gasteiger partial charge in [0, 0.05) is 24.6 Å². The van der Waals surface area contributed by atoms with Gasteiger partial charge in [-0.25, -0.2) is 0 Å². The molecular formula is C4H16N2O2S2. The van der Waals surface area contributed by atoms with Crippen molar-refractivity contribution in [1.82, 2.24) is 0 Å². The van der Waals surface area contributed by atoms with Gasteiger partial charge in [-0.15, -0.1) is 0 Å². The minimum absolute atomic E-state index is 0. The Morgan fingerprint density at radius 1 is 0.800 bits per heavy atom. The average molecular weight is 188 g/mol. The van der Waals surface area contributed by atoms with E-state index in [4.69, 9.17) is 11.5 Å². The third-order valence-electron chi connectivity index (χ3n) is 0.486. The lowest BCUT2D eigenvalue weighted by molar-refractivity contribution is 0.823. The van der Waals surface area contributed by atoms with Gasteiger partial charge >= 0.3 is 0 Å². The molecule has 0 aromatic heterocycles. The highest BCUT2D eigenvalue weighted by Crippen LogP contribution is 2.18. The van der Waals surface area contributed by atoms with Crippen LogP contribution in [0.4, 0.5) is 0 Å². The second-order valence-electron chi connectivity index (χ2n) is 1.22. The van der Waals surface area contributed by atoms with Crippen LogP contribution in [0, 0.1) is 0 Å². The molecular weight excluding hydrogens is 172 g/mol. The van der Waals surface area contributed by atoms with Crippen molar-refractivity contribution in [1.29, 1.82) is 0 Å². The predicted molar refractivity (Wildman–Crippen MR) is 50.3 cm³/mol. The minimum atomic E-state index is 0. The number of hydrogen-bond acceptors (Lipinski definition) is 4. The first-order valence-electron chi connectivity index (χ1n) is 2.56. The van der Waals surface area contributed by atoms with Crippen molar-refractivity contribution in [3.8, 4) is 0 Å². The van der Waals surface area contributed by atoms with Crippen molar-refractivity contribution in [2.24, 2.45) is 11.5 Å². The summed E-state index contributed by atoms with van der Waals surface area (Å²) in [5, 5.41) is 0. The molecule has 0 saturated carbocycles. The Bertz CT molecular complexity index is 44.2. The molecule has 0 radical (unpaired) electrons. The van der Waals surface area contributed by atoms with E-state index in [0.717, 1.165) is 24.6 Å². The van der Waals surface area contributed by atoms with Gasteiger partial charge in [0.1, 0.15) is 0 Å². The fraction of sp³-hybridized carbons (Fsp3) is 1.00. The quantitative estimate of drug-likeness (QED) is 0.409. The van der Waals surface area contributed by atoms with E-state index in [1.165, 1.54) is 0 Å². The van der Waals surface area contributed by atoms with E-state index in [9.17, 15) is 0 Å². The molecule has 0 aromatic rings. The maximum absolute atomic E-state index is 5.25. The third-order valence-corrected chi connectivity index (χ3v) is 2.96. The summed E-state index contributed by atoms with van der Waals surface area (Å²) < 4.78 is 0. The van der Waals surface area contributed by atoms with Crippen molar-refractivity contribution in [3.05, 3.63) is 0 Å². The number of nitrogens with two attached hydrogens (primary N) is 2. The van der Waals surface area contributed by atoms with E-state index in [1.807, 2.05) is 0 Å². The summed E-state index contributed by atoms with van der Waals surface area (Å²) >= 11 is 0. The highest BCUT2D eigenvalue weighted by Gasteiger charge is 1.84. The van der Waals surface area contributed by atoms with Gasteiger partial charge in [-0.05, 0) is 0 Å². The average Bonchev–Trinajstić information content (AvgIpc) is 1.81. The molecule has 8 N–H and O–H groups in total. The first-order valence-corrected chi connectivity index (χ1v) is 5.05. The standard InChI is InChI=1S/C4H12N2S2.2H2O/c5-1-3-7-8-4-2-6;;/h1-6H2;2*1H2. The second kappa shape index (κ2) is 16.3. The lowest BCUT2D eigenvalue weighted by atomic mass is 10.8. The Kier molecular flexibility index (Phi) is 27.4. The normalized spacial score (nSPS) is 7.80. The van der Waals surface area contributed by atoms with Crippen molar-refractivity contribution in [2.75, 3.05) is 24.6 Å². The van der Waals surface area contributed by atoms with Gasteiger partial charge in [-0.1, -0.05) is 21.6 Å². The Morgan fingerprint density at radius 3 is 1.30 bits per heavy atom. The maximum Gasteiger partial charge on any atom is 0.0160 e. The minimum Gasteiger partial charge on any atom is -0.412 e. The topological polar surface area (TPSA) is 115 Å². The fourth-order valence-corrected chi connectivity index (χ4v) is 1.93. The van der Waals surface area contributed by atoms with Crippen LogP contribution in [-0.2, 0) is 0 Å². The summed E-state index contributed by atoms with van der Waals surface area (Å²) in [4.78, 5) is 0. The van der Waals surface area contributed by atoms with Crippen LogP contribution in [0.15, 0.2) is 0 Å². The van der Waals surface area contributed by atoms with Crippen LogP contribution in [-0.4, -0.2) is 35.5 Å². The van der Waals surface area contributed by atoms with E-state index in [1.54, 1.807) is 21.6 Å². The molecule has 0 bridgehead atoms. The summed E-state index contributed by atoms with van der Waals surface area (Å²) in [6.07, 6.45) is 0. The molecule has 0 rings (SSSR count). The predicted octanol–water partition coefficient (Wildman–Crippen LogP) is -1.36. The molecule has 0 fully saturated rings. The van der Waals surface area contributed by atoms with Crippen LogP contribution < -0.4 is 11.5 Å². The summed E-state index contributed by atoms with van der Waals surface area (Å²) in [7, 11) is 3.58. The van der Waals surface area contributed by atoms with Gasteiger partial charge in [0.2, 0.25) is 0 Å². The highest BCUT2D eigenvalue weighted by molar-refractivity contribution is 8.76. The van der Waals surface area contributed by atoms with Gasteiger partial charge in [0.15, 0.2) is 0 Å². The van der Waals surface area contributed by atoms with Gasteiger partial charge in [-0.2, -0.15) is 0 Å². The van der Waals surface area contributed by atoms with Crippen molar-refractivity contribution < 1.29 is 11.0 Å². The number of rotatable bonds is 5. The Morgan fingerprint density at radius 2 is 1.10 bits per heavy atom. The van der Waals surface area contributed by atoms with Gasteiger partial charge in [-0.3, -0.25) is 0 Å². The fourth-order valence-electron chi connectivity index (χ4n) is 0.214. The van der Waals surface area contributed by atoms with Gasteiger partial charge in [0.05, 0.1) is 0 Å². The molecule has 0 aliphatic rings. The molecule has 0 aliphatic carbocycles. The Balaban J connectivity index is -0.000000245. The van der Waals surface area contributed by atoms with Crippen LogP contribution in [0.25, 0.3) is 0 Å². The van der Waals surface area contributed by atoms with E-state index in [0.29, 0.717) is 0 Å². The first kappa shape index (κ1) is 16.9. The van der Waals surface area contributed by atoms with Crippen LogP contribution in [0.1, 0.15) is 0 Å². The van der Waals surface area contributed by atoms with E-state index in [2.05, 4.69) is 0 Å². The van der Waals surface area contributed by atoms with E-state index < -0.39 is 0 Å². The molecule has 10 heavy (non-hydrogen) atoms. The van der Waals surface area contributed by atoms with Crippen LogP contribution in [0.5, 0.6) is 0 Å². The maximum atomic E-state index is 5.25. The van der Waals surface area contributed by atoms with Crippen LogP contribution >= 0.6 is 21.6 Å². The van der Waals surface area contributed by atoms with Crippen molar-refractivity contribution in [2.45, 2.75) is 0 Å². The monoisotopic (exact) mass is 188 g/mol. The first-order chi connectivity index (χ1) is 3.91. The zero-order valence-corrected chi connectivity index (χ0v) is 7.43. The highest BCUT2D eigenvalue weighted by atomic mass is 33.1. The molecule has 6 heteroatoms. The molecule has 0 unspecified atom stereocenters. The molecule has 0 aromatic carbocycles. The lowest BCUT2D eigenvalue weighted by Crippen LogP contribution is -2.02. The second-order valence-corrected chi connectivity index (χ2v) is 3.92. The molecule has 0 atom stereocenters. The zero-order valence-electron chi connectivity index (χ0n) is 5.80. The molecule has 0 aliphatic heterocycles. The van der Waals surface area contributed by atoms with Crippen molar-refractivity contribution >= 4 is 21.6 Å². The van der Waals surface area contributed by atoms with E-state index >= 15 is 0 Å². The Hall–Kier alpha value is 0.540. The number of hydrogen-bond donors (Lipinski definition) is 2. The molecule has 66 valence electrons. The molecule has 4 nitrogen and oxygen atoms in total. The van der Waals surface area contributed by atoms with Gasteiger partial charge in [0.25, 0.3) is 0 Å². The summed E-state index contributed by atoms with van der Waals surface area (Å²) in [5.41, 5.74) is 10.5.